The van der Waals surface area contributed by atoms with Crippen molar-refractivity contribution in [2.24, 2.45) is 4.99 Å². The zero-order valence-electron chi connectivity index (χ0n) is 15.7. The normalized spacial score (nSPS) is 16.8. The first kappa shape index (κ1) is 20.2. The van der Waals surface area contributed by atoms with Gasteiger partial charge in [0.25, 0.3) is 0 Å². The van der Waals surface area contributed by atoms with Crippen molar-refractivity contribution in [1.82, 2.24) is 20.4 Å². The number of aliphatic imine (C=N–C) groups is 1. The maximum absolute atomic E-state index is 4.70. The van der Waals surface area contributed by atoms with Gasteiger partial charge in [-0.25, -0.2) is 0 Å². The van der Waals surface area contributed by atoms with Gasteiger partial charge >= 0.3 is 0 Å². The molecule has 0 atom stereocenters. The number of nitrogens with zero attached hydrogens (tertiary/aromatic N) is 3. The summed E-state index contributed by atoms with van der Waals surface area (Å²) in [7, 11) is 0. The van der Waals surface area contributed by atoms with Crippen LogP contribution in [0.1, 0.15) is 52.9 Å². The molecule has 1 rings (SSSR count). The lowest BCUT2D eigenvalue weighted by Gasteiger charge is -2.26. The first-order chi connectivity index (χ1) is 11.3. The Hall–Kier alpha value is -0.810. The number of guanidine groups is 1. The van der Waals surface area contributed by atoms with Crippen LogP contribution in [0.5, 0.6) is 0 Å². The second-order valence-electron chi connectivity index (χ2n) is 6.32. The third-order valence-electron chi connectivity index (χ3n) is 4.56. The average molecular weight is 326 g/mol. The summed E-state index contributed by atoms with van der Waals surface area (Å²) < 4.78 is 0. The van der Waals surface area contributed by atoms with Gasteiger partial charge in [-0.3, -0.25) is 4.99 Å². The van der Waals surface area contributed by atoms with Crippen molar-refractivity contribution in [2.75, 3.05) is 58.9 Å². The topological polar surface area (TPSA) is 42.9 Å². The Kier molecular flexibility index (Phi) is 12.0. The van der Waals surface area contributed by atoms with Gasteiger partial charge in [0.05, 0.1) is 0 Å². The highest BCUT2D eigenvalue weighted by Gasteiger charge is 2.09. The van der Waals surface area contributed by atoms with E-state index in [1.165, 1.54) is 51.7 Å². The van der Waals surface area contributed by atoms with Crippen LogP contribution >= 0.6 is 0 Å². The zero-order valence-corrected chi connectivity index (χ0v) is 15.7. The SMILES string of the molecule is CCNC(=NCCCCN(CC)CC)NCCN1CCCCC1. The van der Waals surface area contributed by atoms with E-state index in [1.807, 2.05) is 0 Å². The van der Waals surface area contributed by atoms with Gasteiger partial charge in [-0.05, 0) is 65.3 Å². The van der Waals surface area contributed by atoms with E-state index in [0.29, 0.717) is 0 Å². The van der Waals surface area contributed by atoms with Gasteiger partial charge in [-0.1, -0.05) is 20.3 Å². The van der Waals surface area contributed by atoms with Crippen LogP contribution < -0.4 is 10.6 Å². The number of likely N-dealkylation sites (tertiary alicyclic amines) is 1. The minimum atomic E-state index is 0.917. The first-order valence-electron chi connectivity index (χ1n) is 9.77. The molecule has 0 amide bonds. The lowest BCUT2D eigenvalue weighted by atomic mass is 10.1. The number of hydrogen-bond donors (Lipinski definition) is 2. The number of rotatable bonds is 11. The smallest absolute Gasteiger partial charge is 0.191 e. The fourth-order valence-electron chi connectivity index (χ4n) is 3.04. The van der Waals surface area contributed by atoms with Crippen molar-refractivity contribution in [1.29, 1.82) is 0 Å². The monoisotopic (exact) mass is 325 g/mol. The van der Waals surface area contributed by atoms with E-state index >= 15 is 0 Å². The van der Waals surface area contributed by atoms with E-state index in [9.17, 15) is 0 Å². The summed E-state index contributed by atoms with van der Waals surface area (Å²) >= 11 is 0. The second kappa shape index (κ2) is 13.6. The van der Waals surface area contributed by atoms with Crippen LogP contribution in [0.15, 0.2) is 4.99 Å². The summed E-state index contributed by atoms with van der Waals surface area (Å²) in [5.41, 5.74) is 0. The number of piperidine rings is 1. The van der Waals surface area contributed by atoms with Crippen LogP contribution in [-0.2, 0) is 0 Å². The summed E-state index contributed by atoms with van der Waals surface area (Å²) in [6, 6.07) is 0. The molecule has 0 bridgehead atoms. The molecule has 0 aliphatic carbocycles. The van der Waals surface area contributed by atoms with Gasteiger partial charge < -0.3 is 20.4 Å². The van der Waals surface area contributed by atoms with Gasteiger partial charge in [0, 0.05) is 26.2 Å². The molecule has 136 valence electrons. The molecule has 0 saturated carbocycles. The molecule has 0 aromatic heterocycles. The summed E-state index contributed by atoms with van der Waals surface area (Å²) in [6.45, 7) is 16.6. The lowest BCUT2D eigenvalue weighted by molar-refractivity contribution is 0.232. The standard InChI is InChI=1S/C18H39N5/c1-4-19-18(20-12-8-11-14-22(5-2)6-3)21-13-17-23-15-9-7-10-16-23/h4-17H2,1-3H3,(H2,19,20,21). The number of hydrogen-bond acceptors (Lipinski definition) is 3. The molecule has 5 heteroatoms. The van der Waals surface area contributed by atoms with Crippen molar-refractivity contribution < 1.29 is 0 Å². The molecule has 0 radical (unpaired) electrons. The molecule has 0 unspecified atom stereocenters. The van der Waals surface area contributed by atoms with Crippen LogP contribution in [-0.4, -0.2) is 74.7 Å². The fourth-order valence-corrected chi connectivity index (χ4v) is 3.04. The molecule has 1 heterocycles. The maximum Gasteiger partial charge on any atom is 0.191 e. The summed E-state index contributed by atoms with van der Waals surface area (Å²) in [5, 5.41) is 6.83. The molecular formula is C18H39N5. The third kappa shape index (κ3) is 9.82. The van der Waals surface area contributed by atoms with Gasteiger partial charge in [-0.15, -0.1) is 0 Å². The molecular weight excluding hydrogens is 286 g/mol. The molecule has 2 N–H and O–H groups in total. The Labute approximate surface area is 143 Å². The molecule has 0 aromatic carbocycles. The van der Waals surface area contributed by atoms with Crippen LogP contribution in [0.2, 0.25) is 0 Å². The minimum absolute atomic E-state index is 0.917. The summed E-state index contributed by atoms with van der Waals surface area (Å²) in [5.74, 6) is 0.979. The predicted molar refractivity (Wildman–Crippen MR) is 101 cm³/mol. The van der Waals surface area contributed by atoms with Crippen molar-refractivity contribution in [3.8, 4) is 0 Å². The van der Waals surface area contributed by atoms with Crippen molar-refractivity contribution in [3.05, 3.63) is 0 Å². The minimum Gasteiger partial charge on any atom is -0.357 e. The van der Waals surface area contributed by atoms with E-state index in [0.717, 1.165) is 45.2 Å². The summed E-state index contributed by atoms with van der Waals surface area (Å²) in [4.78, 5) is 9.74. The van der Waals surface area contributed by atoms with E-state index in [2.05, 4.69) is 41.2 Å². The van der Waals surface area contributed by atoms with Crippen LogP contribution in [0, 0.1) is 0 Å². The van der Waals surface area contributed by atoms with Crippen LogP contribution in [0.25, 0.3) is 0 Å². The van der Waals surface area contributed by atoms with E-state index in [-0.39, 0.29) is 0 Å². The van der Waals surface area contributed by atoms with E-state index in [1.54, 1.807) is 0 Å². The van der Waals surface area contributed by atoms with Gasteiger partial charge in [0.1, 0.15) is 0 Å². The average Bonchev–Trinajstić information content (AvgIpc) is 2.59. The van der Waals surface area contributed by atoms with Gasteiger partial charge in [0.2, 0.25) is 0 Å². The highest BCUT2D eigenvalue weighted by molar-refractivity contribution is 5.79. The highest BCUT2D eigenvalue weighted by Crippen LogP contribution is 2.07. The molecule has 5 nitrogen and oxygen atoms in total. The summed E-state index contributed by atoms with van der Waals surface area (Å²) in [6.07, 6.45) is 6.53. The van der Waals surface area contributed by atoms with Crippen molar-refractivity contribution in [3.63, 3.8) is 0 Å². The number of unbranched alkanes of at least 4 members (excludes halogenated alkanes) is 1. The lowest BCUT2D eigenvalue weighted by Crippen LogP contribution is -2.42. The van der Waals surface area contributed by atoms with E-state index in [4.69, 9.17) is 4.99 Å². The quantitative estimate of drug-likeness (QED) is 0.347. The first-order valence-corrected chi connectivity index (χ1v) is 9.77. The Morgan fingerprint density at radius 1 is 1.00 bits per heavy atom. The van der Waals surface area contributed by atoms with Crippen LogP contribution in [0.3, 0.4) is 0 Å². The molecule has 0 aromatic rings. The second-order valence-corrected chi connectivity index (χ2v) is 6.32. The van der Waals surface area contributed by atoms with Gasteiger partial charge in [-0.2, -0.15) is 0 Å². The Bertz CT molecular complexity index is 296. The molecule has 1 saturated heterocycles. The Morgan fingerprint density at radius 2 is 1.74 bits per heavy atom. The molecule has 1 aliphatic heterocycles. The predicted octanol–water partition coefficient (Wildman–Crippen LogP) is 2.15. The van der Waals surface area contributed by atoms with E-state index < -0.39 is 0 Å². The van der Waals surface area contributed by atoms with Crippen molar-refractivity contribution in [2.45, 2.75) is 52.9 Å². The Morgan fingerprint density at radius 3 is 2.39 bits per heavy atom. The third-order valence-corrected chi connectivity index (χ3v) is 4.56. The fraction of sp³-hybridized carbons (Fsp3) is 0.944. The Balaban J connectivity index is 2.16. The molecule has 1 aliphatic rings. The molecule has 1 fully saturated rings. The van der Waals surface area contributed by atoms with Crippen molar-refractivity contribution >= 4 is 5.96 Å². The molecule has 23 heavy (non-hydrogen) atoms. The van der Waals surface area contributed by atoms with Gasteiger partial charge in [0.15, 0.2) is 5.96 Å². The zero-order chi connectivity index (χ0) is 16.8. The number of nitrogens with one attached hydrogen (secondary N) is 2. The largest absolute Gasteiger partial charge is 0.357 e. The van der Waals surface area contributed by atoms with Crippen LogP contribution in [0.4, 0.5) is 0 Å². The maximum atomic E-state index is 4.70. The molecule has 0 spiro atoms. The highest BCUT2D eigenvalue weighted by atomic mass is 15.2.